The van der Waals surface area contributed by atoms with Crippen molar-refractivity contribution in [1.29, 1.82) is 0 Å². The summed E-state index contributed by atoms with van der Waals surface area (Å²) in [6.07, 6.45) is 19.2. The molecule has 7 heteroatoms. The molecule has 1 aromatic carbocycles. The van der Waals surface area contributed by atoms with Crippen LogP contribution in [0.2, 0.25) is 0 Å². The fourth-order valence-electron chi connectivity index (χ4n) is 3.56. The molecule has 0 aromatic heterocycles. The highest BCUT2D eigenvalue weighted by molar-refractivity contribution is 7.90. The molecule has 0 atom stereocenters. The second-order valence-corrected chi connectivity index (χ2v) is 9.98. The lowest BCUT2D eigenvalue weighted by Crippen LogP contribution is -2.30. The van der Waals surface area contributed by atoms with Crippen LogP contribution in [-0.2, 0) is 14.8 Å². The third-order valence-electron chi connectivity index (χ3n) is 5.45. The molecule has 1 amide bonds. The van der Waals surface area contributed by atoms with Gasteiger partial charge in [0.2, 0.25) is 5.91 Å². The highest BCUT2D eigenvalue weighted by atomic mass is 32.2. The van der Waals surface area contributed by atoms with Gasteiger partial charge in [0.1, 0.15) is 0 Å². The monoisotopic (exact) mass is 472 g/mol. The number of nitrogens with one attached hydrogen (secondary N) is 1. The van der Waals surface area contributed by atoms with E-state index in [1.807, 2.05) is 0 Å². The van der Waals surface area contributed by atoms with Crippen molar-refractivity contribution in [2.75, 3.05) is 5.73 Å². The number of rotatable bonds is 18. The van der Waals surface area contributed by atoms with Gasteiger partial charge in [-0.15, -0.1) is 0 Å². The Labute approximate surface area is 197 Å². The van der Waals surface area contributed by atoms with Crippen LogP contribution < -0.4 is 10.5 Å². The predicted molar refractivity (Wildman–Crippen MR) is 136 cm³/mol. The summed E-state index contributed by atoms with van der Waals surface area (Å²) in [6, 6.07) is 5.82. The number of nitrogens with two attached hydrogens (primary N) is 1. The largest absolute Gasteiger partial charge is 0.399 e. The Hall–Kier alpha value is -1.21. The van der Waals surface area contributed by atoms with E-state index in [1.165, 1.54) is 101 Å². The third-order valence-corrected chi connectivity index (χ3v) is 6.84. The first-order valence-corrected chi connectivity index (χ1v) is 13.3. The van der Waals surface area contributed by atoms with Crippen LogP contribution in [0, 0.1) is 0 Å². The Bertz CT molecular complexity index is 677. The maximum absolute atomic E-state index is 12.1. The molecule has 0 aliphatic rings. The van der Waals surface area contributed by atoms with Crippen LogP contribution in [0.4, 0.5) is 5.69 Å². The Balaban J connectivity index is 0.00000900. The molecular formula is C24H44N2O3S2. The molecule has 3 N–H and O–H groups in total. The van der Waals surface area contributed by atoms with Crippen LogP contribution in [0.3, 0.4) is 0 Å². The average molecular weight is 473 g/mol. The van der Waals surface area contributed by atoms with Crippen molar-refractivity contribution in [3.63, 3.8) is 0 Å². The molecule has 0 heterocycles. The van der Waals surface area contributed by atoms with Gasteiger partial charge < -0.3 is 5.73 Å². The van der Waals surface area contributed by atoms with E-state index in [0.717, 1.165) is 19.3 Å². The second kappa shape index (κ2) is 18.4. The van der Waals surface area contributed by atoms with Gasteiger partial charge in [-0.05, 0) is 30.7 Å². The molecule has 0 aliphatic carbocycles. The Morgan fingerprint density at radius 1 is 0.742 bits per heavy atom. The summed E-state index contributed by atoms with van der Waals surface area (Å²) in [5, 5.41) is 0. The quantitative estimate of drug-likeness (QED) is 0.190. The van der Waals surface area contributed by atoms with Crippen molar-refractivity contribution in [2.24, 2.45) is 0 Å². The number of carbonyl (C=O) groups excluding carboxylic acids is 1. The van der Waals surface area contributed by atoms with E-state index in [9.17, 15) is 13.2 Å². The molecule has 0 radical (unpaired) electrons. The van der Waals surface area contributed by atoms with Gasteiger partial charge in [-0.1, -0.05) is 96.8 Å². The van der Waals surface area contributed by atoms with Gasteiger partial charge in [-0.3, -0.25) is 4.79 Å². The summed E-state index contributed by atoms with van der Waals surface area (Å²) in [5.74, 6) is -0.443. The third kappa shape index (κ3) is 15.3. The first-order valence-electron chi connectivity index (χ1n) is 11.9. The van der Waals surface area contributed by atoms with Gasteiger partial charge >= 0.3 is 0 Å². The summed E-state index contributed by atoms with van der Waals surface area (Å²) in [6.45, 7) is 2.26. The summed E-state index contributed by atoms with van der Waals surface area (Å²) >= 11 is 0. The van der Waals surface area contributed by atoms with E-state index in [-0.39, 0.29) is 24.8 Å². The molecule has 180 valence electrons. The van der Waals surface area contributed by atoms with Crippen LogP contribution in [0.1, 0.15) is 110 Å². The molecule has 31 heavy (non-hydrogen) atoms. The van der Waals surface area contributed by atoms with Crippen molar-refractivity contribution >= 4 is 35.1 Å². The van der Waals surface area contributed by atoms with Crippen molar-refractivity contribution in [1.82, 2.24) is 4.72 Å². The van der Waals surface area contributed by atoms with Crippen LogP contribution in [-0.4, -0.2) is 14.3 Å². The Morgan fingerprint density at radius 3 is 1.55 bits per heavy atom. The van der Waals surface area contributed by atoms with Gasteiger partial charge in [0.15, 0.2) is 0 Å². The van der Waals surface area contributed by atoms with Crippen LogP contribution in [0.5, 0.6) is 0 Å². The van der Waals surface area contributed by atoms with Gasteiger partial charge in [-0.25, -0.2) is 13.1 Å². The molecule has 0 fully saturated rings. The van der Waals surface area contributed by atoms with Crippen molar-refractivity contribution < 1.29 is 13.2 Å². The van der Waals surface area contributed by atoms with Crippen LogP contribution in [0.15, 0.2) is 29.2 Å². The average Bonchev–Trinajstić information content (AvgIpc) is 2.71. The number of amides is 1. The summed E-state index contributed by atoms with van der Waals surface area (Å²) < 4.78 is 26.4. The Morgan fingerprint density at radius 2 is 1.13 bits per heavy atom. The first-order chi connectivity index (χ1) is 14.5. The van der Waals surface area contributed by atoms with Crippen molar-refractivity contribution in [3.8, 4) is 0 Å². The van der Waals surface area contributed by atoms with Crippen LogP contribution >= 0.6 is 13.5 Å². The fraction of sp³-hybridized carbons (Fsp3) is 0.708. The minimum atomic E-state index is -3.80. The standard InChI is InChI=1S/C24H42N2O3S.H2S/c1-2-3-4-5-6-7-8-9-10-11-12-13-14-15-16-17-24(27)26-30(28,29)23-20-18-22(25)19-21-23;/h18-21H,2-17,25H2,1H3,(H,26,27);1H2. The molecule has 1 rings (SSSR count). The molecule has 0 spiro atoms. The lowest BCUT2D eigenvalue weighted by molar-refractivity contribution is -0.119. The number of sulfonamides is 1. The normalized spacial score (nSPS) is 11.1. The SMILES string of the molecule is CCCCCCCCCCCCCCCCCC(=O)NS(=O)(=O)c1ccc(N)cc1.S. The van der Waals surface area contributed by atoms with E-state index in [4.69, 9.17) is 5.73 Å². The lowest BCUT2D eigenvalue weighted by atomic mass is 10.0. The topological polar surface area (TPSA) is 89.3 Å². The summed E-state index contributed by atoms with van der Waals surface area (Å²) in [5.41, 5.74) is 6.04. The molecular weight excluding hydrogens is 428 g/mol. The minimum absolute atomic E-state index is 0. The van der Waals surface area contributed by atoms with E-state index < -0.39 is 15.9 Å². The molecule has 0 saturated heterocycles. The predicted octanol–water partition coefficient (Wildman–Crippen LogP) is 6.45. The summed E-state index contributed by atoms with van der Waals surface area (Å²) in [7, 11) is -3.80. The number of hydrogen-bond acceptors (Lipinski definition) is 4. The number of carbonyl (C=O) groups is 1. The zero-order chi connectivity index (χ0) is 22.1. The highest BCUT2D eigenvalue weighted by Crippen LogP contribution is 2.14. The van der Waals surface area contributed by atoms with E-state index in [1.54, 1.807) is 0 Å². The van der Waals surface area contributed by atoms with Gasteiger partial charge in [0, 0.05) is 12.1 Å². The molecule has 0 aliphatic heterocycles. The van der Waals surface area contributed by atoms with Gasteiger partial charge in [-0.2, -0.15) is 13.5 Å². The van der Waals surface area contributed by atoms with E-state index >= 15 is 0 Å². The number of hydrogen-bond donors (Lipinski definition) is 2. The Kier molecular flexibility index (Phi) is 17.7. The zero-order valence-corrected chi connectivity index (χ0v) is 21.1. The maximum atomic E-state index is 12.1. The van der Waals surface area contributed by atoms with Crippen molar-refractivity contribution in [3.05, 3.63) is 24.3 Å². The molecule has 0 bridgehead atoms. The lowest BCUT2D eigenvalue weighted by Gasteiger charge is -2.07. The highest BCUT2D eigenvalue weighted by Gasteiger charge is 2.16. The number of unbranched alkanes of at least 4 members (excludes halogenated alkanes) is 14. The number of nitrogen functional groups attached to an aromatic ring is 1. The minimum Gasteiger partial charge on any atom is -0.399 e. The van der Waals surface area contributed by atoms with E-state index in [0.29, 0.717) is 5.69 Å². The smallest absolute Gasteiger partial charge is 0.264 e. The van der Waals surface area contributed by atoms with Gasteiger partial charge in [0.05, 0.1) is 4.90 Å². The first kappa shape index (κ1) is 29.8. The second-order valence-electron chi connectivity index (χ2n) is 8.30. The molecule has 1 aromatic rings. The van der Waals surface area contributed by atoms with Crippen molar-refractivity contribution in [2.45, 2.75) is 115 Å². The molecule has 5 nitrogen and oxygen atoms in total. The number of anilines is 1. The number of benzene rings is 1. The molecule has 0 unspecified atom stereocenters. The van der Waals surface area contributed by atoms with E-state index in [2.05, 4.69) is 11.6 Å². The molecule has 0 saturated carbocycles. The fourth-order valence-corrected chi connectivity index (χ4v) is 4.58. The van der Waals surface area contributed by atoms with Gasteiger partial charge in [0.25, 0.3) is 10.0 Å². The van der Waals surface area contributed by atoms with Crippen LogP contribution in [0.25, 0.3) is 0 Å². The maximum Gasteiger partial charge on any atom is 0.264 e. The summed E-state index contributed by atoms with van der Waals surface area (Å²) in [4.78, 5) is 12.0. The zero-order valence-electron chi connectivity index (χ0n) is 19.3.